The van der Waals surface area contributed by atoms with Crippen LogP contribution in [0.4, 0.5) is 8.78 Å². The average molecular weight is 124 g/mol. The molecule has 0 saturated heterocycles. The summed E-state index contributed by atoms with van der Waals surface area (Å²) >= 11 is 0. The van der Waals surface area contributed by atoms with Gasteiger partial charge in [-0.25, -0.2) is 8.78 Å². The van der Waals surface area contributed by atoms with E-state index >= 15 is 0 Å². The lowest BCUT2D eigenvalue weighted by atomic mass is 10.4. The standard InChI is InChI=1S/C4H6F2O2/c1-8-2-3(7)4(5)6/h4H,2H2,1H3. The van der Waals surface area contributed by atoms with Crippen LogP contribution in [0.25, 0.3) is 0 Å². The minimum Gasteiger partial charge on any atom is -0.377 e. The Bertz CT molecular complexity index is 82.1. The lowest BCUT2D eigenvalue weighted by molar-refractivity contribution is -0.133. The molecule has 0 aliphatic heterocycles. The fraction of sp³-hybridized carbons (Fsp3) is 0.750. The largest absolute Gasteiger partial charge is 0.377 e. The van der Waals surface area contributed by atoms with E-state index in [1.807, 2.05) is 0 Å². The van der Waals surface area contributed by atoms with E-state index in [0.29, 0.717) is 0 Å². The highest BCUT2D eigenvalue weighted by atomic mass is 19.3. The summed E-state index contributed by atoms with van der Waals surface area (Å²) in [4.78, 5) is 9.87. The first-order valence-corrected chi connectivity index (χ1v) is 1.98. The first-order valence-electron chi connectivity index (χ1n) is 1.98. The molecule has 0 fully saturated rings. The van der Waals surface area contributed by atoms with Gasteiger partial charge in [0, 0.05) is 7.11 Å². The number of ether oxygens (including phenoxy) is 1. The third-order valence-corrected chi connectivity index (χ3v) is 0.530. The van der Waals surface area contributed by atoms with Crippen LogP contribution in [0.5, 0.6) is 0 Å². The van der Waals surface area contributed by atoms with Gasteiger partial charge in [0.05, 0.1) is 0 Å². The van der Waals surface area contributed by atoms with Crippen molar-refractivity contribution in [1.82, 2.24) is 0 Å². The van der Waals surface area contributed by atoms with Crippen molar-refractivity contribution in [3.63, 3.8) is 0 Å². The maximum absolute atomic E-state index is 11.2. The zero-order valence-corrected chi connectivity index (χ0v) is 4.36. The van der Waals surface area contributed by atoms with E-state index in [1.54, 1.807) is 0 Å². The average Bonchev–Trinajstić information content (AvgIpc) is 1.67. The van der Waals surface area contributed by atoms with E-state index in [1.165, 1.54) is 7.11 Å². The highest BCUT2D eigenvalue weighted by molar-refractivity contribution is 5.82. The third-order valence-electron chi connectivity index (χ3n) is 0.530. The number of halogens is 2. The molecule has 0 amide bonds. The Labute approximate surface area is 45.4 Å². The topological polar surface area (TPSA) is 26.3 Å². The summed E-state index contributed by atoms with van der Waals surface area (Å²) in [6, 6.07) is 0. The van der Waals surface area contributed by atoms with Gasteiger partial charge in [-0.05, 0) is 0 Å². The second-order valence-electron chi connectivity index (χ2n) is 1.20. The highest BCUT2D eigenvalue weighted by Crippen LogP contribution is 1.92. The highest BCUT2D eigenvalue weighted by Gasteiger charge is 2.13. The Balaban J connectivity index is 3.33. The van der Waals surface area contributed by atoms with E-state index in [2.05, 4.69) is 4.74 Å². The summed E-state index contributed by atoms with van der Waals surface area (Å²) in [6.07, 6.45) is -2.89. The Kier molecular flexibility index (Phi) is 3.26. The van der Waals surface area contributed by atoms with Crippen LogP contribution in [0, 0.1) is 0 Å². The van der Waals surface area contributed by atoms with E-state index < -0.39 is 18.8 Å². The molecule has 0 aliphatic rings. The lowest BCUT2D eigenvalue weighted by Crippen LogP contribution is -2.15. The number of methoxy groups -OCH3 is 1. The summed E-state index contributed by atoms with van der Waals surface area (Å²) in [5, 5.41) is 0. The number of Topliss-reactive ketones (excluding diaryl/α,β-unsaturated/α-hetero) is 1. The molecule has 0 atom stereocenters. The summed E-state index contributed by atoms with van der Waals surface area (Å²) in [7, 11) is 1.19. The molecule has 0 N–H and O–H groups in total. The maximum atomic E-state index is 11.2. The number of rotatable bonds is 3. The zero-order valence-electron chi connectivity index (χ0n) is 4.36. The van der Waals surface area contributed by atoms with Gasteiger partial charge in [0.25, 0.3) is 6.43 Å². The summed E-state index contributed by atoms with van der Waals surface area (Å²) < 4.78 is 26.5. The Morgan fingerprint density at radius 3 is 2.38 bits per heavy atom. The predicted octanol–water partition coefficient (Wildman–Crippen LogP) is 0.467. The predicted molar refractivity (Wildman–Crippen MR) is 22.9 cm³/mol. The van der Waals surface area contributed by atoms with E-state index in [9.17, 15) is 13.6 Å². The number of carbonyl (C=O) groups is 1. The van der Waals surface area contributed by atoms with Crippen LogP contribution >= 0.6 is 0 Å². The van der Waals surface area contributed by atoms with Crippen molar-refractivity contribution in [3.8, 4) is 0 Å². The second-order valence-corrected chi connectivity index (χ2v) is 1.20. The molecule has 0 saturated carbocycles. The molecule has 8 heavy (non-hydrogen) atoms. The SMILES string of the molecule is COCC(=O)C(F)F. The van der Waals surface area contributed by atoms with Crippen molar-refractivity contribution in [3.05, 3.63) is 0 Å². The molecule has 0 radical (unpaired) electrons. The molecular weight excluding hydrogens is 118 g/mol. The second kappa shape index (κ2) is 3.49. The van der Waals surface area contributed by atoms with Crippen molar-refractivity contribution in [2.24, 2.45) is 0 Å². The minimum absolute atomic E-state index is 0.502. The fourth-order valence-corrected chi connectivity index (χ4v) is 0.205. The molecule has 0 aromatic carbocycles. The van der Waals surface area contributed by atoms with Crippen LogP contribution in [-0.4, -0.2) is 25.9 Å². The van der Waals surface area contributed by atoms with Crippen molar-refractivity contribution >= 4 is 5.78 Å². The summed E-state index contributed by atoms with van der Waals surface area (Å²) in [6.45, 7) is -0.502. The van der Waals surface area contributed by atoms with Crippen molar-refractivity contribution in [2.45, 2.75) is 6.43 Å². The van der Waals surface area contributed by atoms with Crippen LogP contribution in [0.1, 0.15) is 0 Å². The first-order chi connectivity index (χ1) is 3.68. The Morgan fingerprint density at radius 1 is 1.75 bits per heavy atom. The van der Waals surface area contributed by atoms with Gasteiger partial charge in [-0.15, -0.1) is 0 Å². The van der Waals surface area contributed by atoms with Gasteiger partial charge >= 0.3 is 0 Å². The summed E-state index contributed by atoms with van der Waals surface area (Å²) in [5.41, 5.74) is 0. The Morgan fingerprint density at radius 2 is 2.25 bits per heavy atom. The molecular formula is C4H6F2O2. The minimum atomic E-state index is -2.89. The van der Waals surface area contributed by atoms with Crippen LogP contribution in [0.15, 0.2) is 0 Å². The molecule has 0 aromatic rings. The Hall–Kier alpha value is -0.510. The van der Waals surface area contributed by atoms with Crippen LogP contribution < -0.4 is 0 Å². The molecule has 0 bridgehead atoms. The molecule has 0 unspecified atom stereocenters. The van der Waals surface area contributed by atoms with Crippen molar-refractivity contribution < 1.29 is 18.3 Å². The molecule has 0 aromatic heterocycles. The molecule has 0 rings (SSSR count). The van der Waals surface area contributed by atoms with Crippen LogP contribution in [0.3, 0.4) is 0 Å². The van der Waals surface area contributed by atoms with Gasteiger partial charge in [0.2, 0.25) is 5.78 Å². The molecule has 0 spiro atoms. The number of alkyl halides is 2. The van der Waals surface area contributed by atoms with Gasteiger partial charge < -0.3 is 4.74 Å². The molecule has 48 valence electrons. The normalized spacial score (nSPS) is 10.0. The van der Waals surface area contributed by atoms with E-state index in [4.69, 9.17) is 0 Å². The number of ketones is 1. The number of hydrogen-bond donors (Lipinski definition) is 0. The molecule has 0 aliphatic carbocycles. The van der Waals surface area contributed by atoms with Crippen molar-refractivity contribution in [1.29, 1.82) is 0 Å². The maximum Gasteiger partial charge on any atom is 0.298 e. The van der Waals surface area contributed by atoms with Gasteiger partial charge in [-0.3, -0.25) is 4.79 Å². The smallest absolute Gasteiger partial charge is 0.298 e. The lowest BCUT2D eigenvalue weighted by Gasteiger charge is -1.93. The molecule has 2 nitrogen and oxygen atoms in total. The van der Waals surface area contributed by atoms with Crippen molar-refractivity contribution in [2.75, 3.05) is 13.7 Å². The third kappa shape index (κ3) is 2.63. The number of hydrogen-bond acceptors (Lipinski definition) is 2. The number of carbonyl (C=O) groups excluding carboxylic acids is 1. The van der Waals surface area contributed by atoms with Gasteiger partial charge in [0.15, 0.2) is 0 Å². The van der Waals surface area contributed by atoms with E-state index in [0.717, 1.165) is 0 Å². The van der Waals surface area contributed by atoms with Gasteiger partial charge in [-0.1, -0.05) is 0 Å². The van der Waals surface area contributed by atoms with Gasteiger partial charge in [0.1, 0.15) is 6.61 Å². The molecule has 4 heteroatoms. The zero-order chi connectivity index (χ0) is 6.57. The monoisotopic (exact) mass is 124 g/mol. The van der Waals surface area contributed by atoms with Crippen LogP contribution in [-0.2, 0) is 9.53 Å². The summed E-state index contributed by atoms with van der Waals surface area (Å²) in [5.74, 6) is -1.17. The fourth-order valence-electron chi connectivity index (χ4n) is 0.205. The molecule has 0 heterocycles. The van der Waals surface area contributed by atoms with Crippen LogP contribution in [0.2, 0.25) is 0 Å². The quantitative estimate of drug-likeness (QED) is 0.546. The first kappa shape index (κ1) is 7.49. The van der Waals surface area contributed by atoms with E-state index in [-0.39, 0.29) is 0 Å². The van der Waals surface area contributed by atoms with Gasteiger partial charge in [-0.2, -0.15) is 0 Å².